The third kappa shape index (κ3) is 2.85. The molecule has 2 amide bonds. The van der Waals surface area contributed by atoms with Gasteiger partial charge in [-0.15, -0.1) is 0 Å². The minimum absolute atomic E-state index is 0.122. The van der Waals surface area contributed by atoms with Crippen LogP contribution in [0.1, 0.15) is 40.3 Å². The van der Waals surface area contributed by atoms with E-state index in [-0.39, 0.29) is 24.2 Å². The molecule has 0 bridgehead atoms. The van der Waals surface area contributed by atoms with Crippen molar-refractivity contribution in [3.8, 4) is 5.75 Å². The Labute approximate surface area is 173 Å². The van der Waals surface area contributed by atoms with E-state index in [9.17, 15) is 9.59 Å². The number of benzene rings is 1. The van der Waals surface area contributed by atoms with Crippen molar-refractivity contribution in [2.24, 2.45) is 5.73 Å². The van der Waals surface area contributed by atoms with Crippen molar-refractivity contribution in [2.75, 3.05) is 18.6 Å². The number of carbonyl (C=O) groups is 2. The molecule has 0 spiro atoms. The monoisotopic (exact) mass is 406 g/mol. The lowest BCUT2D eigenvalue weighted by Crippen LogP contribution is -2.37. The molecule has 0 saturated heterocycles. The highest BCUT2D eigenvalue weighted by Crippen LogP contribution is 2.36. The number of nitrogens with two attached hydrogens (primary N) is 1. The summed E-state index contributed by atoms with van der Waals surface area (Å²) in [6.45, 7) is 0.134. The van der Waals surface area contributed by atoms with Crippen LogP contribution >= 0.6 is 0 Å². The number of nitrogens with zero attached hydrogens (tertiary/aromatic N) is 5. The standard InChI is InChI=1S/C21H22N6O3/c1-25-16-5-2-3-6-18(16)30-12-17(21(25)29)27-15-8-7-13(26-10-4-9-23-26)11-14(15)19(24-27)20(22)28/h2-6,9-10,13,17H,7-8,11-12H2,1H3,(H2,22,28)/t13?,17-/m0/s1. The molecular weight excluding hydrogens is 384 g/mol. The van der Waals surface area contributed by atoms with Crippen molar-refractivity contribution < 1.29 is 14.3 Å². The average molecular weight is 406 g/mol. The van der Waals surface area contributed by atoms with Gasteiger partial charge >= 0.3 is 0 Å². The second-order valence-electron chi connectivity index (χ2n) is 7.66. The van der Waals surface area contributed by atoms with Gasteiger partial charge in [0.15, 0.2) is 11.7 Å². The number of hydrogen-bond donors (Lipinski definition) is 1. The van der Waals surface area contributed by atoms with Gasteiger partial charge in [0.1, 0.15) is 12.4 Å². The van der Waals surface area contributed by atoms with E-state index < -0.39 is 11.9 Å². The number of anilines is 1. The number of ether oxygens (including phenoxy) is 1. The Hall–Kier alpha value is -3.62. The van der Waals surface area contributed by atoms with Gasteiger partial charge in [0.2, 0.25) is 0 Å². The van der Waals surface area contributed by atoms with Crippen molar-refractivity contribution in [2.45, 2.75) is 31.3 Å². The maximum absolute atomic E-state index is 13.3. The van der Waals surface area contributed by atoms with Crippen LogP contribution in [-0.4, -0.2) is 45.0 Å². The Morgan fingerprint density at radius 1 is 1.27 bits per heavy atom. The van der Waals surface area contributed by atoms with Crippen LogP contribution in [0, 0.1) is 0 Å². The van der Waals surface area contributed by atoms with E-state index in [1.807, 2.05) is 41.2 Å². The zero-order valence-electron chi connectivity index (χ0n) is 16.6. The summed E-state index contributed by atoms with van der Waals surface area (Å²) in [5.41, 5.74) is 8.24. The maximum atomic E-state index is 13.3. The Bertz CT molecular complexity index is 1120. The molecular formula is C21H22N6O3. The first-order valence-electron chi connectivity index (χ1n) is 9.93. The van der Waals surface area contributed by atoms with Crippen molar-refractivity contribution in [3.05, 3.63) is 59.7 Å². The smallest absolute Gasteiger partial charge is 0.269 e. The first kappa shape index (κ1) is 18.4. The predicted molar refractivity (Wildman–Crippen MR) is 108 cm³/mol. The van der Waals surface area contributed by atoms with Crippen LogP contribution in [0.5, 0.6) is 5.75 Å². The lowest BCUT2D eigenvalue weighted by Gasteiger charge is -2.26. The van der Waals surface area contributed by atoms with E-state index in [0.717, 1.165) is 17.7 Å². The molecule has 2 aromatic heterocycles. The highest BCUT2D eigenvalue weighted by Gasteiger charge is 2.37. The van der Waals surface area contributed by atoms with Gasteiger partial charge in [-0.25, -0.2) is 0 Å². The number of aromatic nitrogens is 4. The number of likely N-dealkylation sites (N-methyl/N-ethyl adjacent to an activating group) is 1. The van der Waals surface area contributed by atoms with E-state index in [4.69, 9.17) is 10.5 Å². The number of rotatable bonds is 3. The largest absolute Gasteiger partial charge is 0.489 e. The van der Waals surface area contributed by atoms with E-state index >= 15 is 0 Å². The van der Waals surface area contributed by atoms with E-state index in [1.165, 1.54) is 0 Å². The van der Waals surface area contributed by atoms with E-state index in [2.05, 4.69) is 10.2 Å². The second kappa shape index (κ2) is 7.01. The molecule has 1 aliphatic heterocycles. The highest BCUT2D eigenvalue weighted by molar-refractivity contribution is 5.98. The molecule has 0 radical (unpaired) electrons. The van der Waals surface area contributed by atoms with Crippen molar-refractivity contribution in [3.63, 3.8) is 0 Å². The molecule has 1 aliphatic carbocycles. The number of amides is 2. The zero-order chi connectivity index (χ0) is 20.8. The number of primary amides is 1. The maximum Gasteiger partial charge on any atom is 0.269 e. The molecule has 0 fully saturated rings. The first-order chi connectivity index (χ1) is 14.5. The lowest BCUT2D eigenvalue weighted by atomic mass is 9.91. The van der Waals surface area contributed by atoms with Gasteiger partial charge in [0, 0.05) is 30.7 Å². The molecule has 0 saturated carbocycles. The fraction of sp³-hybridized carbons (Fsp3) is 0.333. The summed E-state index contributed by atoms with van der Waals surface area (Å²) in [6, 6.07) is 8.74. The van der Waals surface area contributed by atoms with Gasteiger partial charge in [-0.2, -0.15) is 10.2 Å². The van der Waals surface area contributed by atoms with Crippen LogP contribution in [0.25, 0.3) is 0 Å². The predicted octanol–water partition coefficient (Wildman–Crippen LogP) is 1.51. The van der Waals surface area contributed by atoms with Gasteiger partial charge in [-0.05, 0) is 37.5 Å². The normalized spacial score (nSPS) is 20.8. The van der Waals surface area contributed by atoms with Gasteiger partial charge in [-0.3, -0.25) is 19.0 Å². The van der Waals surface area contributed by atoms with Gasteiger partial charge in [-0.1, -0.05) is 12.1 Å². The van der Waals surface area contributed by atoms with Gasteiger partial charge in [0.05, 0.1) is 11.7 Å². The van der Waals surface area contributed by atoms with Crippen molar-refractivity contribution in [1.82, 2.24) is 19.6 Å². The molecule has 1 unspecified atom stereocenters. The van der Waals surface area contributed by atoms with E-state index in [0.29, 0.717) is 24.3 Å². The third-order valence-corrected chi connectivity index (χ3v) is 5.94. The molecule has 154 valence electrons. The number of carbonyl (C=O) groups excluding carboxylic acids is 2. The molecule has 9 heteroatoms. The summed E-state index contributed by atoms with van der Waals surface area (Å²) in [6.07, 6.45) is 5.74. The molecule has 1 aromatic carbocycles. The SMILES string of the molecule is CN1C(=O)[C@@H](n2nc(C(N)=O)c3c2CCC(n2cccn2)C3)COc2ccccc21. The number of para-hydroxylation sites is 2. The van der Waals surface area contributed by atoms with Crippen LogP contribution in [0.2, 0.25) is 0 Å². The highest BCUT2D eigenvalue weighted by atomic mass is 16.5. The Balaban J connectivity index is 1.54. The van der Waals surface area contributed by atoms with Crippen LogP contribution < -0.4 is 15.4 Å². The lowest BCUT2D eigenvalue weighted by molar-refractivity contribution is -0.122. The molecule has 2 N–H and O–H groups in total. The Morgan fingerprint density at radius 2 is 2.10 bits per heavy atom. The Morgan fingerprint density at radius 3 is 2.87 bits per heavy atom. The summed E-state index contributed by atoms with van der Waals surface area (Å²) >= 11 is 0. The Kier molecular flexibility index (Phi) is 4.30. The summed E-state index contributed by atoms with van der Waals surface area (Å²) in [5, 5.41) is 8.84. The average Bonchev–Trinajstić information content (AvgIpc) is 3.39. The second-order valence-corrected chi connectivity index (χ2v) is 7.66. The minimum atomic E-state index is -0.675. The fourth-order valence-electron chi connectivity index (χ4n) is 4.42. The van der Waals surface area contributed by atoms with Gasteiger partial charge in [0.25, 0.3) is 11.8 Å². The third-order valence-electron chi connectivity index (χ3n) is 5.94. The summed E-state index contributed by atoms with van der Waals surface area (Å²) in [5.74, 6) is -0.0917. The molecule has 30 heavy (non-hydrogen) atoms. The number of hydrogen-bond acceptors (Lipinski definition) is 5. The quantitative estimate of drug-likeness (QED) is 0.709. The minimum Gasteiger partial charge on any atom is -0.489 e. The van der Waals surface area contributed by atoms with Crippen LogP contribution in [-0.2, 0) is 17.6 Å². The zero-order valence-corrected chi connectivity index (χ0v) is 16.6. The molecule has 9 nitrogen and oxygen atoms in total. The first-order valence-corrected chi connectivity index (χ1v) is 9.93. The summed E-state index contributed by atoms with van der Waals surface area (Å²) < 4.78 is 9.49. The van der Waals surface area contributed by atoms with Gasteiger partial charge < -0.3 is 15.4 Å². The van der Waals surface area contributed by atoms with Crippen molar-refractivity contribution in [1.29, 1.82) is 0 Å². The molecule has 5 rings (SSSR count). The number of fused-ring (bicyclic) bond motifs is 2. The van der Waals surface area contributed by atoms with Crippen molar-refractivity contribution >= 4 is 17.5 Å². The molecule has 3 aromatic rings. The van der Waals surface area contributed by atoms with E-state index in [1.54, 1.807) is 22.8 Å². The summed E-state index contributed by atoms with van der Waals surface area (Å²) in [7, 11) is 1.72. The molecule has 2 aliphatic rings. The molecule has 2 atom stereocenters. The van der Waals surface area contributed by atoms with Crippen LogP contribution in [0.4, 0.5) is 5.69 Å². The van der Waals surface area contributed by atoms with Crippen LogP contribution in [0.15, 0.2) is 42.7 Å². The molecule has 3 heterocycles. The topological polar surface area (TPSA) is 108 Å². The fourth-order valence-corrected chi connectivity index (χ4v) is 4.42. The van der Waals surface area contributed by atoms with Crippen LogP contribution in [0.3, 0.4) is 0 Å². The summed E-state index contributed by atoms with van der Waals surface area (Å²) in [4.78, 5) is 27.0.